The molecule has 0 fully saturated rings. The summed E-state index contributed by atoms with van der Waals surface area (Å²) in [5.41, 5.74) is 2.26. The Labute approximate surface area is 126 Å². The minimum atomic E-state index is -4.28. The highest BCUT2D eigenvalue weighted by Gasteiger charge is 2.34. The van der Waals surface area contributed by atoms with Crippen molar-refractivity contribution in [3.63, 3.8) is 0 Å². The zero-order valence-electron chi connectivity index (χ0n) is 12.5. The summed E-state index contributed by atoms with van der Waals surface area (Å²) in [6, 6.07) is 3.38. The molecular weight excluding hydrogens is 290 g/mol. The lowest BCUT2D eigenvalue weighted by molar-refractivity contribution is 0.272. The van der Waals surface area contributed by atoms with Crippen molar-refractivity contribution in [1.29, 1.82) is 0 Å². The van der Waals surface area contributed by atoms with Gasteiger partial charge in [0.15, 0.2) is 0 Å². The number of hydrogen-bond acceptors (Lipinski definition) is 4. The van der Waals surface area contributed by atoms with Crippen molar-refractivity contribution >= 4 is 15.8 Å². The highest BCUT2D eigenvalue weighted by molar-refractivity contribution is 7.86. The van der Waals surface area contributed by atoms with Crippen LogP contribution >= 0.6 is 0 Å². The first-order chi connectivity index (χ1) is 9.85. The summed E-state index contributed by atoms with van der Waals surface area (Å²) in [4.78, 5) is -0.0794. The van der Waals surface area contributed by atoms with Crippen LogP contribution in [0.3, 0.4) is 0 Å². The molecule has 0 radical (unpaired) electrons. The van der Waals surface area contributed by atoms with Gasteiger partial charge < -0.3 is 10.4 Å². The third-order valence-corrected chi connectivity index (χ3v) is 5.51. The van der Waals surface area contributed by atoms with Crippen molar-refractivity contribution in [3.8, 4) is 0 Å². The van der Waals surface area contributed by atoms with Crippen molar-refractivity contribution in [2.24, 2.45) is 5.41 Å². The molecule has 0 aliphatic carbocycles. The number of benzene rings is 1. The van der Waals surface area contributed by atoms with Crippen LogP contribution in [0.5, 0.6) is 0 Å². The monoisotopic (exact) mass is 313 g/mol. The standard InChI is InChI=1S/C15H23NO4S/c1-3-15(4-2)9-12-7-11(5-6-17)8-13(21(18,19)20)14(12)16-10-15/h7-8,16-17H,3-6,9-10H2,1-2H3,(H,18,19,20). The molecule has 118 valence electrons. The van der Waals surface area contributed by atoms with Crippen LogP contribution < -0.4 is 5.32 Å². The molecule has 6 heteroatoms. The van der Waals surface area contributed by atoms with Gasteiger partial charge in [-0.3, -0.25) is 4.55 Å². The summed E-state index contributed by atoms with van der Waals surface area (Å²) in [6.45, 7) is 4.92. The first-order valence-electron chi connectivity index (χ1n) is 7.33. The number of hydrogen-bond donors (Lipinski definition) is 3. The van der Waals surface area contributed by atoms with Gasteiger partial charge in [0, 0.05) is 13.2 Å². The van der Waals surface area contributed by atoms with Crippen molar-refractivity contribution < 1.29 is 18.1 Å². The van der Waals surface area contributed by atoms with Crippen LogP contribution in [-0.2, 0) is 23.0 Å². The van der Waals surface area contributed by atoms with Gasteiger partial charge in [0.05, 0.1) is 5.69 Å². The summed E-state index contributed by atoms with van der Waals surface area (Å²) in [5, 5.41) is 12.3. The second-order valence-electron chi connectivity index (χ2n) is 5.81. The molecule has 0 unspecified atom stereocenters. The van der Waals surface area contributed by atoms with E-state index in [1.54, 1.807) is 0 Å². The molecule has 0 saturated heterocycles. The molecule has 5 nitrogen and oxygen atoms in total. The van der Waals surface area contributed by atoms with Gasteiger partial charge in [0.25, 0.3) is 10.1 Å². The van der Waals surface area contributed by atoms with E-state index in [9.17, 15) is 13.0 Å². The Hall–Kier alpha value is -1.11. The fraction of sp³-hybridized carbons (Fsp3) is 0.600. The molecule has 0 bridgehead atoms. The van der Waals surface area contributed by atoms with E-state index < -0.39 is 10.1 Å². The van der Waals surface area contributed by atoms with Crippen molar-refractivity contribution in [1.82, 2.24) is 0 Å². The van der Waals surface area contributed by atoms with Crippen molar-refractivity contribution in [2.45, 2.75) is 44.4 Å². The number of nitrogens with one attached hydrogen (secondary N) is 1. The molecule has 0 saturated carbocycles. The second-order valence-corrected chi connectivity index (χ2v) is 7.20. The van der Waals surface area contributed by atoms with E-state index in [0.717, 1.165) is 30.4 Å². The fourth-order valence-corrected chi connectivity index (χ4v) is 3.81. The number of rotatable bonds is 5. The summed E-state index contributed by atoms with van der Waals surface area (Å²) < 4.78 is 32.7. The van der Waals surface area contributed by atoms with E-state index in [-0.39, 0.29) is 16.9 Å². The van der Waals surface area contributed by atoms with Gasteiger partial charge in [0.1, 0.15) is 4.90 Å². The van der Waals surface area contributed by atoms with Crippen LogP contribution in [0.4, 0.5) is 5.69 Å². The minimum Gasteiger partial charge on any atom is -0.396 e. The highest BCUT2D eigenvalue weighted by Crippen LogP contribution is 2.41. The Bertz CT molecular complexity index is 621. The molecular formula is C15H23NO4S. The largest absolute Gasteiger partial charge is 0.396 e. The highest BCUT2D eigenvalue weighted by atomic mass is 32.2. The van der Waals surface area contributed by atoms with E-state index in [1.165, 1.54) is 6.07 Å². The Morgan fingerprint density at radius 3 is 2.48 bits per heavy atom. The Balaban J connectivity index is 2.56. The molecule has 2 rings (SSSR count). The molecule has 1 heterocycles. The molecule has 1 aliphatic heterocycles. The average Bonchev–Trinajstić information content (AvgIpc) is 2.45. The van der Waals surface area contributed by atoms with E-state index in [0.29, 0.717) is 18.7 Å². The summed E-state index contributed by atoms with van der Waals surface area (Å²) >= 11 is 0. The maximum Gasteiger partial charge on any atom is 0.296 e. The molecule has 0 atom stereocenters. The van der Waals surface area contributed by atoms with Crippen LogP contribution in [0.2, 0.25) is 0 Å². The Kier molecular flexibility index (Phi) is 4.60. The van der Waals surface area contributed by atoms with Crippen molar-refractivity contribution in [2.75, 3.05) is 18.5 Å². The third-order valence-electron chi connectivity index (χ3n) is 4.63. The number of aliphatic hydroxyl groups is 1. The molecule has 0 amide bonds. The van der Waals surface area contributed by atoms with Gasteiger partial charge in [-0.25, -0.2) is 0 Å². The Morgan fingerprint density at radius 1 is 1.29 bits per heavy atom. The molecule has 1 aromatic rings. The Morgan fingerprint density at radius 2 is 1.95 bits per heavy atom. The summed E-state index contributed by atoms with van der Waals surface area (Å²) in [5.74, 6) is 0. The minimum absolute atomic E-state index is 0.0518. The van der Waals surface area contributed by atoms with E-state index in [4.69, 9.17) is 5.11 Å². The lowest BCUT2D eigenvalue weighted by Crippen LogP contribution is -2.36. The van der Waals surface area contributed by atoms with E-state index >= 15 is 0 Å². The van der Waals surface area contributed by atoms with Crippen LogP contribution in [0.25, 0.3) is 0 Å². The zero-order chi connectivity index (χ0) is 15.7. The van der Waals surface area contributed by atoms with Crippen LogP contribution in [-0.4, -0.2) is 31.2 Å². The zero-order valence-corrected chi connectivity index (χ0v) is 13.3. The topological polar surface area (TPSA) is 86.6 Å². The SMILES string of the molecule is CCC1(CC)CNc2c(cc(CCO)cc2S(=O)(=O)O)C1. The summed E-state index contributed by atoms with van der Waals surface area (Å²) in [7, 11) is -4.28. The fourth-order valence-electron chi connectivity index (χ4n) is 3.05. The molecule has 3 N–H and O–H groups in total. The van der Waals surface area contributed by atoms with Gasteiger partial charge in [-0.2, -0.15) is 8.42 Å². The van der Waals surface area contributed by atoms with Crippen LogP contribution in [0.1, 0.15) is 37.8 Å². The van der Waals surface area contributed by atoms with Gasteiger partial charge in [-0.1, -0.05) is 19.9 Å². The maximum absolute atomic E-state index is 11.6. The average molecular weight is 313 g/mol. The van der Waals surface area contributed by atoms with Crippen LogP contribution in [0, 0.1) is 5.41 Å². The first kappa shape index (κ1) is 16.3. The predicted octanol–water partition coefficient (Wildman–Crippen LogP) is 2.24. The smallest absolute Gasteiger partial charge is 0.296 e. The van der Waals surface area contributed by atoms with Gasteiger partial charge >= 0.3 is 0 Å². The predicted molar refractivity (Wildman–Crippen MR) is 82.3 cm³/mol. The van der Waals surface area contributed by atoms with Gasteiger partial charge in [0.2, 0.25) is 0 Å². The van der Waals surface area contributed by atoms with Crippen molar-refractivity contribution in [3.05, 3.63) is 23.3 Å². The molecule has 0 spiro atoms. The number of fused-ring (bicyclic) bond motifs is 1. The van der Waals surface area contributed by atoms with E-state index in [2.05, 4.69) is 19.2 Å². The van der Waals surface area contributed by atoms with Gasteiger partial charge in [-0.05, 0) is 48.3 Å². The lowest BCUT2D eigenvalue weighted by atomic mass is 9.74. The molecule has 1 aliphatic rings. The number of aliphatic hydroxyl groups excluding tert-OH is 1. The normalized spacial score (nSPS) is 17.1. The summed E-state index contributed by atoms with van der Waals surface area (Å²) in [6.07, 6.45) is 3.16. The molecule has 0 aromatic heterocycles. The number of anilines is 1. The maximum atomic E-state index is 11.6. The van der Waals surface area contributed by atoms with E-state index in [1.807, 2.05) is 6.07 Å². The molecule has 1 aromatic carbocycles. The second kappa shape index (κ2) is 5.94. The van der Waals surface area contributed by atoms with Gasteiger partial charge in [-0.15, -0.1) is 0 Å². The van der Waals surface area contributed by atoms with Crippen LogP contribution in [0.15, 0.2) is 17.0 Å². The third kappa shape index (κ3) is 3.22. The lowest BCUT2D eigenvalue weighted by Gasteiger charge is -2.38. The molecule has 21 heavy (non-hydrogen) atoms. The first-order valence-corrected chi connectivity index (χ1v) is 8.77. The quantitative estimate of drug-likeness (QED) is 0.726.